The van der Waals surface area contributed by atoms with Gasteiger partial charge in [-0.3, -0.25) is 4.79 Å². The third kappa shape index (κ3) is 3.20. The molecule has 0 aliphatic rings. The Balaban J connectivity index is 1.98. The summed E-state index contributed by atoms with van der Waals surface area (Å²) in [6.45, 7) is 2.27. The Labute approximate surface area is 140 Å². The number of carbonyl (C=O) groups excluding carboxylic acids is 2. The Morgan fingerprint density at radius 1 is 0.833 bits per heavy atom. The summed E-state index contributed by atoms with van der Waals surface area (Å²) in [6, 6.07) is 20.2. The zero-order chi connectivity index (χ0) is 16.9. The van der Waals surface area contributed by atoms with Gasteiger partial charge in [0, 0.05) is 11.1 Å². The maximum atomic E-state index is 12.9. The lowest BCUT2D eigenvalue weighted by Gasteiger charge is -2.09. The minimum absolute atomic E-state index is 0.176. The highest BCUT2D eigenvalue weighted by Crippen LogP contribution is 2.20. The number of hydrogen-bond donors (Lipinski definition) is 0. The summed E-state index contributed by atoms with van der Waals surface area (Å²) in [4.78, 5) is 25.1. The molecule has 0 unspecified atom stereocenters. The van der Waals surface area contributed by atoms with Crippen molar-refractivity contribution in [2.24, 2.45) is 0 Å². The van der Waals surface area contributed by atoms with E-state index in [1.54, 1.807) is 30.3 Å². The molecule has 0 aliphatic carbocycles. The largest absolute Gasteiger partial charge is 0.462 e. The number of carbonyl (C=O) groups is 2. The first kappa shape index (κ1) is 15.9. The highest BCUT2D eigenvalue weighted by Gasteiger charge is 2.19. The molecule has 3 heteroatoms. The second-order valence-corrected chi connectivity index (χ2v) is 5.57. The Hall–Kier alpha value is -2.94. The third-order valence-electron chi connectivity index (χ3n) is 3.84. The van der Waals surface area contributed by atoms with Crippen LogP contribution in [0.1, 0.15) is 39.6 Å². The van der Waals surface area contributed by atoms with Crippen molar-refractivity contribution in [1.29, 1.82) is 0 Å². The summed E-state index contributed by atoms with van der Waals surface area (Å²) in [6.07, 6.45) is 0.743. The van der Waals surface area contributed by atoms with E-state index in [1.165, 1.54) is 0 Å². The van der Waals surface area contributed by atoms with Gasteiger partial charge in [-0.1, -0.05) is 61.5 Å². The molecule has 0 aliphatic heterocycles. The van der Waals surface area contributed by atoms with E-state index >= 15 is 0 Å². The van der Waals surface area contributed by atoms with Crippen molar-refractivity contribution in [3.8, 4) is 0 Å². The number of hydrogen-bond acceptors (Lipinski definition) is 3. The fourth-order valence-electron chi connectivity index (χ4n) is 2.62. The lowest BCUT2D eigenvalue weighted by molar-refractivity contribution is 0.0502. The fourth-order valence-corrected chi connectivity index (χ4v) is 2.62. The molecular weight excluding hydrogens is 300 g/mol. The van der Waals surface area contributed by atoms with Crippen LogP contribution in [0.25, 0.3) is 10.8 Å². The van der Waals surface area contributed by atoms with Gasteiger partial charge in [-0.2, -0.15) is 0 Å². The quantitative estimate of drug-likeness (QED) is 0.508. The van der Waals surface area contributed by atoms with Gasteiger partial charge in [0.15, 0.2) is 5.78 Å². The lowest BCUT2D eigenvalue weighted by atomic mass is 9.96. The van der Waals surface area contributed by atoms with E-state index in [4.69, 9.17) is 4.74 Å². The predicted molar refractivity (Wildman–Crippen MR) is 94.4 cm³/mol. The number of ether oxygens (including phenoxy) is 1. The van der Waals surface area contributed by atoms with Crippen molar-refractivity contribution < 1.29 is 14.3 Å². The topological polar surface area (TPSA) is 43.4 Å². The van der Waals surface area contributed by atoms with Gasteiger partial charge >= 0.3 is 5.97 Å². The first-order chi connectivity index (χ1) is 11.7. The van der Waals surface area contributed by atoms with Crippen LogP contribution in [0.3, 0.4) is 0 Å². The fraction of sp³-hybridized carbons (Fsp3) is 0.143. The van der Waals surface area contributed by atoms with Crippen LogP contribution >= 0.6 is 0 Å². The van der Waals surface area contributed by atoms with Gasteiger partial charge in [0.25, 0.3) is 0 Å². The van der Waals surface area contributed by atoms with Crippen molar-refractivity contribution >= 4 is 22.5 Å². The maximum absolute atomic E-state index is 12.9. The molecule has 0 saturated heterocycles. The van der Waals surface area contributed by atoms with Gasteiger partial charge < -0.3 is 4.74 Å². The van der Waals surface area contributed by atoms with Crippen molar-refractivity contribution in [3.05, 3.63) is 83.4 Å². The molecular formula is C21H18O3. The molecule has 120 valence electrons. The van der Waals surface area contributed by atoms with E-state index < -0.39 is 5.97 Å². The predicted octanol–water partition coefficient (Wildman–Crippen LogP) is 4.64. The van der Waals surface area contributed by atoms with E-state index in [2.05, 4.69) is 0 Å². The third-order valence-corrected chi connectivity index (χ3v) is 3.84. The summed E-state index contributed by atoms with van der Waals surface area (Å²) < 4.78 is 5.18. The Kier molecular flexibility index (Phi) is 4.71. The molecule has 0 N–H and O–H groups in total. The smallest absolute Gasteiger partial charge is 0.338 e. The second-order valence-electron chi connectivity index (χ2n) is 5.57. The molecule has 0 atom stereocenters. The molecule has 0 saturated carbocycles. The molecule has 3 rings (SSSR count). The van der Waals surface area contributed by atoms with Crippen LogP contribution in [0.4, 0.5) is 0 Å². The first-order valence-corrected chi connectivity index (χ1v) is 8.00. The van der Waals surface area contributed by atoms with Crippen LogP contribution in [0, 0.1) is 0 Å². The van der Waals surface area contributed by atoms with E-state index in [-0.39, 0.29) is 5.78 Å². The maximum Gasteiger partial charge on any atom is 0.338 e. The standard InChI is InChI=1S/C21H18O3/c1-2-13-24-21(23)19-10-6-5-9-18(19)20(22)17-12-11-15-7-3-4-8-16(15)14-17/h3-12,14H,2,13H2,1H3. The first-order valence-electron chi connectivity index (χ1n) is 8.00. The molecule has 0 radical (unpaired) electrons. The van der Waals surface area contributed by atoms with E-state index in [9.17, 15) is 9.59 Å². The average Bonchev–Trinajstić information content (AvgIpc) is 2.65. The minimum atomic E-state index is -0.457. The summed E-state index contributed by atoms with van der Waals surface area (Å²) in [5.41, 5.74) is 1.24. The molecule has 24 heavy (non-hydrogen) atoms. The molecule has 0 spiro atoms. The minimum Gasteiger partial charge on any atom is -0.462 e. The van der Waals surface area contributed by atoms with Crippen LogP contribution < -0.4 is 0 Å². The molecule has 0 bridgehead atoms. The van der Waals surface area contributed by atoms with Crippen LogP contribution in [-0.2, 0) is 4.74 Å². The van der Waals surface area contributed by atoms with Crippen LogP contribution in [0.5, 0.6) is 0 Å². The summed E-state index contributed by atoms with van der Waals surface area (Å²) in [5, 5.41) is 2.07. The van der Waals surface area contributed by atoms with Crippen molar-refractivity contribution in [1.82, 2.24) is 0 Å². The highest BCUT2D eigenvalue weighted by molar-refractivity contribution is 6.15. The summed E-state index contributed by atoms with van der Waals surface area (Å²) >= 11 is 0. The number of ketones is 1. The molecule has 0 aromatic heterocycles. The van der Waals surface area contributed by atoms with E-state index in [1.807, 2.05) is 43.3 Å². The molecule has 0 heterocycles. The second kappa shape index (κ2) is 7.09. The number of esters is 1. The van der Waals surface area contributed by atoms with Crippen LogP contribution in [-0.4, -0.2) is 18.4 Å². The lowest BCUT2D eigenvalue weighted by Crippen LogP contribution is -2.13. The summed E-state index contributed by atoms with van der Waals surface area (Å²) in [5.74, 6) is -0.633. The Morgan fingerprint density at radius 2 is 1.50 bits per heavy atom. The average molecular weight is 318 g/mol. The highest BCUT2D eigenvalue weighted by atomic mass is 16.5. The molecule has 3 aromatic carbocycles. The molecule has 0 amide bonds. The van der Waals surface area contributed by atoms with E-state index in [0.29, 0.717) is 23.3 Å². The van der Waals surface area contributed by atoms with Gasteiger partial charge in [-0.05, 0) is 29.3 Å². The monoisotopic (exact) mass is 318 g/mol. The van der Waals surface area contributed by atoms with Gasteiger partial charge in [-0.15, -0.1) is 0 Å². The van der Waals surface area contributed by atoms with Gasteiger partial charge in [0.2, 0.25) is 0 Å². The van der Waals surface area contributed by atoms with Crippen molar-refractivity contribution in [3.63, 3.8) is 0 Å². The number of fused-ring (bicyclic) bond motifs is 1. The van der Waals surface area contributed by atoms with Gasteiger partial charge in [0.1, 0.15) is 0 Å². The zero-order valence-electron chi connectivity index (χ0n) is 13.5. The number of rotatable bonds is 5. The number of benzene rings is 3. The molecule has 3 nitrogen and oxygen atoms in total. The molecule has 3 aromatic rings. The SMILES string of the molecule is CCCOC(=O)c1ccccc1C(=O)c1ccc2ccccc2c1. The Morgan fingerprint density at radius 3 is 2.25 bits per heavy atom. The normalized spacial score (nSPS) is 10.5. The van der Waals surface area contributed by atoms with Crippen molar-refractivity contribution in [2.45, 2.75) is 13.3 Å². The van der Waals surface area contributed by atoms with Crippen molar-refractivity contribution in [2.75, 3.05) is 6.61 Å². The summed E-state index contributed by atoms with van der Waals surface area (Å²) in [7, 11) is 0. The van der Waals surface area contributed by atoms with Gasteiger partial charge in [-0.25, -0.2) is 4.79 Å². The Bertz CT molecular complexity index is 896. The van der Waals surface area contributed by atoms with Gasteiger partial charge in [0.05, 0.1) is 12.2 Å². The zero-order valence-corrected chi connectivity index (χ0v) is 13.5. The van der Waals surface area contributed by atoms with Crippen LogP contribution in [0.15, 0.2) is 66.7 Å². The molecule has 0 fully saturated rings. The van der Waals surface area contributed by atoms with E-state index in [0.717, 1.165) is 17.2 Å². The van der Waals surface area contributed by atoms with Crippen LogP contribution in [0.2, 0.25) is 0 Å².